The maximum absolute atomic E-state index is 10.6. The van der Waals surface area contributed by atoms with Gasteiger partial charge in [0.2, 0.25) is 5.91 Å². The zero-order chi connectivity index (χ0) is 8.85. The van der Waals surface area contributed by atoms with Crippen LogP contribution in [0.3, 0.4) is 0 Å². The molecule has 4 N–H and O–H groups in total. The van der Waals surface area contributed by atoms with Crippen molar-refractivity contribution < 1.29 is 14.7 Å². The molecule has 11 heavy (non-hydrogen) atoms. The molecule has 1 amide bonds. The largest absolute Gasteiger partial charge is 0.480 e. The standard InChI is InChI=1S/C6H12N2O3/c1-8-5(9)3-2-4(7)6(10)11/h4H,2-3,7H2,1H3,(H,8,9)(H,10,11)/t4-/m1/s1. The van der Waals surface area contributed by atoms with Gasteiger partial charge < -0.3 is 16.2 Å². The minimum Gasteiger partial charge on any atom is -0.480 e. The van der Waals surface area contributed by atoms with Gasteiger partial charge >= 0.3 is 5.97 Å². The van der Waals surface area contributed by atoms with E-state index >= 15 is 0 Å². The predicted octanol–water partition coefficient (Wildman–Crippen LogP) is -1.08. The first-order valence-corrected chi connectivity index (χ1v) is 3.27. The van der Waals surface area contributed by atoms with Crippen molar-refractivity contribution >= 4 is 11.9 Å². The summed E-state index contributed by atoms with van der Waals surface area (Å²) in [6.45, 7) is 0. The van der Waals surface area contributed by atoms with Crippen LogP contribution in [0.2, 0.25) is 0 Å². The fraction of sp³-hybridized carbons (Fsp3) is 0.667. The number of hydrogen-bond donors (Lipinski definition) is 3. The highest BCUT2D eigenvalue weighted by Gasteiger charge is 2.12. The normalized spacial score (nSPS) is 12.2. The Morgan fingerprint density at radius 3 is 2.55 bits per heavy atom. The Bertz CT molecular complexity index is 158. The number of rotatable bonds is 4. The van der Waals surface area contributed by atoms with Crippen LogP contribution < -0.4 is 11.1 Å². The molecular weight excluding hydrogens is 148 g/mol. The number of carbonyl (C=O) groups is 2. The summed E-state index contributed by atoms with van der Waals surface area (Å²) in [6, 6.07) is -0.938. The molecule has 1 atom stereocenters. The number of hydrogen-bond acceptors (Lipinski definition) is 3. The van der Waals surface area contributed by atoms with Gasteiger partial charge in [-0.3, -0.25) is 9.59 Å². The van der Waals surface area contributed by atoms with Gasteiger partial charge in [0.15, 0.2) is 0 Å². The second-order valence-corrected chi connectivity index (χ2v) is 2.16. The van der Waals surface area contributed by atoms with Crippen LogP contribution in [0, 0.1) is 0 Å². The van der Waals surface area contributed by atoms with Crippen LogP contribution in [-0.2, 0) is 9.59 Å². The predicted molar refractivity (Wildman–Crippen MR) is 38.9 cm³/mol. The Balaban J connectivity index is 3.54. The number of nitrogens with two attached hydrogens (primary N) is 1. The van der Waals surface area contributed by atoms with Crippen LogP contribution in [-0.4, -0.2) is 30.1 Å². The maximum Gasteiger partial charge on any atom is 0.320 e. The van der Waals surface area contributed by atoms with Crippen LogP contribution in [0.15, 0.2) is 0 Å². The molecule has 0 aromatic heterocycles. The van der Waals surface area contributed by atoms with E-state index in [0.29, 0.717) is 0 Å². The minimum absolute atomic E-state index is 0.157. The van der Waals surface area contributed by atoms with Crippen LogP contribution in [0.5, 0.6) is 0 Å². The van der Waals surface area contributed by atoms with E-state index in [4.69, 9.17) is 10.8 Å². The Morgan fingerprint density at radius 2 is 2.18 bits per heavy atom. The second kappa shape index (κ2) is 4.68. The average molecular weight is 160 g/mol. The molecule has 0 rings (SSSR count). The summed E-state index contributed by atoms with van der Waals surface area (Å²) in [5, 5.41) is 10.7. The zero-order valence-corrected chi connectivity index (χ0v) is 6.33. The molecule has 0 aromatic rings. The fourth-order valence-corrected chi connectivity index (χ4v) is 0.535. The van der Waals surface area contributed by atoms with E-state index in [9.17, 15) is 9.59 Å². The summed E-state index contributed by atoms with van der Waals surface area (Å²) in [5.74, 6) is -1.27. The Hall–Kier alpha value is -1.10. The van der Waals surface area contributed by atoms with Crippen LogP contribution in [0.25, 0.3) is 0 Å². The molecule has 0 aliphatic rings. The van der Waals surface area contributed by atoms with Crippen molar-refractivity contribution in [2.45, 2.75) is 18.9 Å². The van der Waals surface area contributed by atoms with Gasteiger partial charge in [-0.1, -0.05) is 0 Å². The molecule has 0 saturated carbocycles. The lowest BCUT2D eigenvalue weighted by Crippen LogP contribution is -2.31. The van der Waals surface area contributed by atoms with Crippen molar-refractivity contribution in [3.05, 3.63) is 0 Å². The lowest BCUT2D eigenvalue weighted by molar-refractivity contribution is -0.138. The molecule has 64 valence electrons. The molecular formula is C6H12N2O3. The van der Waals surface area contributed by atoms with Crippen molar-refractivity contribution in [2.24, 2.45) is 5.73 Å². The van der Waals surface area contributed by atoms with Crippen molar-refractivity contribution in [1.82, 2.24) is 5.32 Å². The maximum atomic E-state index is 10.6. The average Bonchev–Trinajstić information content (AvgIpc) is 1.99. The van der Waals surface area contributed by atoms with E-state index in [0.717, 1.165) is 0 Å². The van der Waals surface area contributed by atoms with Crippen LogP contribution in [0.1, 0.15) is 12.8 Å². The lowest BCUT2D eigenvalue weighted by Gasteiger charge is -2.03. The van der Waals surface area contributed by atoms with Gasteiger partial charge in [0.05, 0.1) is 0 Å². The highest BCUT2D eigenvalue weighted by atomic mass is 16.4. The Morgan fingerprint density at radius 1 is 1.64 bits per heavy atom. The molecule has 0 aliphatic carbocycles. The first kappa shape index (κ1) is 9.90. The first-order chi connectivity index (χ1) is 5.07. The zero-order valence-electron chi connectivity index (χ0n) is 6.33. The number of carbonyl (C=O) groups excluding carboxylic acids is 1. The first-order valence-electron chi connectivity index (χ1n) is 3.27. The summed E-state index contributed by atoms with van der Waals surface area (Å²) in [6.07, 6.45) is 0.332. The number of amides is 1. The molecule has 0 fully saturated rings. The summed E-state index contributed by atoms with van der Waals surface area (Å²) < 4.78 is 0. The SMILES string of the molecule is CNC(=O)CC[C@@H](N)C(=O)O. The van der Waals surface area contributed by atoms with E-state index in [-0.39, 0.29) is 18.7 Å². The van der Waals surface area contributed by atoms with Gasteiger partial charge in [-0.15, -0.1) is 0 Å². The Kier molecular flexibility index (Phi) is 4.21. The van der Waals surface area contributed by atoms with E-state index in [1.165, 1.54) is 7.05 Å². The monoisotopic (exact) mass is 160 g/mol. The molecule has 0 saturated heterocycles. The van der Waals surface area contributed by atoms with Gasteiger partial charge in [0.25, 0.3) is 0 Å². The van der Waals surface area contributed by atoms with Crippen molar-refractivity contribution in [1.29, 1.82) is 0 Å². The molecule has 0 radical (unpaired) electrons. The summed E-state index contributed by atoms with van der Waals surface area (Å²) >= 11 is 0. The third-order valence-corrected chi connectivity index (χ3v) is 1.28. The number of aliphatic carboxylic acids is 1. The van der Waals surface area contributed by atoms with E-state index in [1.807, 2.05) is 0 Å². The van der Waals surface area contributed by atoms with E-state index in [2.05, 4.69) is 5.32 Å². The molecule has 0 unspecified atom stereocenters. The summed E-state index contributed by atoms with van der Waals surface area (Å²) in [5.41, 5.74) is 5.14. The third-order valence-electron chi connectivity index (χ3n) is 1.28. The molecule has 0 aliphatic heterocycles. The van der Waals surface area contributed by atoms with Gasteiger partial charge in [0, 0.05) is 13.5 Å². The topological polar surface area (TPSA) is 92.4 Å². The lowest BCUT2D eigenvalue weighted by atomic mass is 10.1. The van der Waals surface area contributed by atoms with Crippen LogP contribution in [0.4, 0.5) is 0 Å². The highest BCUT2D eigenvalue weighted by molar-refractivity contribution is 5.78. The molecule has 0 bridgehead atoms. The molecule has 5 heteroatoms. The van der Waals surface area contributed by atoms with Gasteiger partial charge in [-0.05, 0) is 6.42 Å². The highest BCUT2D eigenvalue weighted by Crippen LogP contribution is 1.93. The van der Waals surface area contributed by atoms with Crippen molar-refractivity contribution in [3.63, 3.8) is 0 Å². The number of nitrogens with one attached hydrogen (secondary N) is 1. The Labute approximate surface area is 64.6 Å². The van der Waals surface area contributed by atoms with Gasteiger partial charge in [-0.25, -0.2) is 0 Å². The molecule has 5 nitrogen and oxygen atoms in total. The molecule has 0 aromatic carbocycles. The third kappa shape index (κ3) is 4.32. The molecule has 0 spiro atoms. The minimum atomic E-state index is -1.08. The summed E-state index contributed by atoms with van der Waals surface area (Å²) in [7, 11) is 1.49. The quantitative estimate of drug-likeness (QED) is 0.488. The van der Waals surface area contributed by atoms with Crippen molar-refractivity contribution in [3.8, 4) is 0 Å². The smallest absolute Gasteiger partial charge is 0.320 e. The van der Waals surface area contributed by atoms with E-state index in [1.54, 1.807) is 0 Å². The van der Waals surface area contributed by atoms with Crippen LogP contribution >= 0.6 is 0 Å². The molecule has 0 heterocycles. The van der Waals surface area contributed by atoms with Gasteiger partial charge in [-0.2, -0.15) is 0 Å². The van der Waals surface area contributed by atoms with E-state index < -0.39 is 12.0 Å². The second-order valence-electron chi connectivity index (χ2n) is 2.16. The fourth-order valence-electron chi connectivity index (χ4n) is 0.535. The van der Waals surface area contributed by atoms with Crippen molar-refractivity contribution in [2.75, 3.05) is 7.05 Å². The summed E-state index contributed by atoms with van der Waals surface area (Å²) in [4.78, 5) is 20.7. The number of carboxylic acid groups (broad SMARTS) is 1. The van der Waals surface area contributed by atoms with Gasteiger partial charge in [0.1, 0.15) is 6.04 Å². The number of carboxylic acids is 1.